The highest BCUT2D eigenvalue weighted by atomic mass is 79.9. The zero-order valence-corrected chi connectivity index (χ0v) is 12.0. The summed E-state index contributed by atoms with van der Waals surface area (Å²) in [6, 6.07) is 4.21. The number of anilines is 1. The van der Waals surface area contributed by atoms with Gasteiger partial charge in [0.1, 0.15) is 0 Å². The molecular weight excluding hydrogens is 292 g/mol. The Morgan fingerprint density at radius 2 is 2.00 bits per heavy atom. The molecule has 0 aliphatic carbocycles. The van der Waals surface area contributed by atoms with Crippen molar-refractivity contribution in [2.75, 3.05) is 11.4 Å². The van der Waals surface area contributed by atoms with Gasteiger partial charge in [-0.25, -0.2) is 9.97 Å². The maximum Gasteiger partial charge on any atom is 0.225 e. The highest BCUT2D eigenvalue weighted by Crippen LogP contribution is 2.23. The SMILES string of the molecule is CCN(c1ncc(Br)cn1)C(C)c1cccnc1. The summed E-state index contributed by atoms with van der Waals surface area (Å²) in [6.07, 6.45) is 7.19. The predicted octanol–water partition coefficient (Wildman–Crippen LogP) is 3.22. The Morgan fingerprint density at radius 1 is 1.28 bits per heavy atom. The van der Waals surface area contributed by atoms with Crippen LogP contribution in [0.25, 0.3) is 0 Å². The van der Waals surface area contributed by atoms with E-state index in [1.807, 2.05) is 12.3 Å². The van der Waals surface area contributed by atoms with Crippen LogP contribution in [0.3, 0.4) is 0 Å². The lowest BCUT2D eigenvalue weighted by Gasteiger charge is -2.28. The van der Waals surface area contributed by atoms with Crippen molar-refractivity contribution >= 4 is 21.9 Å². The van der Waals surface area contributed by atoms with Crippen LogP contribution in [-0.2, 0) is 0 Å². The van der Waals surface area contributed by atoms with E-state index < -0.39 is 0 Å². The van der Waals surface area contributed by atoms with Crippen LogP contribution in [0.5, 0.6) is 0 Å². The molecule has 4 nitrogen and oxygen atoms in total. The number of pyridine rings is 1. The number of halogens is 1. The summed E-state index contributed by atoms with van der Waals surface area (Å²) >= 11 is 3.34. The molecule has 2 rings (SSSR count). The molecule has 1 unspecified atom stereocenters. The molecule has 0 aliphatic rings. The highest BCUT2D eigenvalue weighted by molar-refractivity contribution is 9.10. The molecule has 0 amide bonds. The number of hydrogen-bond acceptors (Lipinski definition) is 4. The third-order valence-corrected chi connectivity index (χ3v) is 3.25. The van der Waals surface area contributed by atoms with Crippen molar-refractivity contribution in [1.82, 2.24) is 15.0 Å². The molecule has 0 N–H and O–H groups in total. The monoisotopic (exact) mass is 306 g/mol. The maximum atomic E-state index is 4.34. The summed E-state index contributed by atoms with van der Waals surface area (Å²) in [6.45, 7) is 5.07. The zero-order chi connectivity index (χ0) is 13.0. The second-order valence-corrected chi connectivity index (χ2v) is 4.87. The Kier molecular flexibility index (Phi) is 4.25. The third kappa shape index (κ3) is 2.85. The number of rotatable bonds is 4. The minimum Gasteiger partial charge on any atom is -0.334 e. The van der Waals surface area contributed by atoms with Crippen LogP contribution in [0.1, 0.15) is 25.5 Å². The van der Waals surface area contributed by atoms with E-state index in [1.54, 1.807) is 18.6 Å². The Balaban J connectivity index is 2.26. The summed E-state index contributed by atoms with van der Waals surface area (Å²) in [5.41, 5.74) is 1.16. The molecule has 2 aromatic rings. The van der Waals surface area contributed by atoms with Crippen LogP contribution in [0.2, 0.25) is 0 Å². The van der Waals surface area contributed by atoms with Gasteiger partial charge in [0.05, 0.1) is 10.5 Å². The fourth-order valence-electron chi connectivity index (χ4n) is 1.85. The van der Waals surface area contributed by atoms with Crippen molar-refractivity contribution in [1.29, 1.82) is 0 Å². The molecule has 0 saturated carbocycles. The summed E-state index contributed by atoms with van der Waals surface area (Å²) in [7, 11) is 0. The van der Waals surface area contributed by atoms with Crippen molar-refractivity contribution in [3.05, 3.63) is 47.0 Å². The lowest BCUT2D eigenvalue weighted by molar-refractivity contribution is 0.665. The highest BCUT2D eigenvalue weighted by Gasteiger charge is 2.16. The first-order valence-electron chi connectivity index (χ1n) is 5.86. The normalized spacial score (nSPS) is 12.2. The van der Waals surface area contributed by atoms with Crippen molar-refractivity contribution in [2.24, 2.45) is 0 Å². The summed E-state index contributed by atoms with van der Waals surface area (Å²) < 4.78 is 0.885. The number of nitrogens with zero attached hydrogens (tertiary/aromatic N) is 4. The maximum absolute atomic E-state index is 4.34. The molecule has 18 heavy (non-hydrogen) atoms. The molecule has 0 bridgehead atoms. The van der Waals surface area contributed by atoms with E-state index in [-0.39, 0.29) is 6.04 Å². The largest absolute Gasteiger partial charge is 0.334 e. The van der Waals surface area contributed by atoms with Gasteiger partial charge in [-0.1, -0.05) is 6.07 Å². The standard InChI is InChI=1S/C13H15BrN4/c1-3-18(13-16-8-12(14)9-17-13)10(2)11-5-4-6-15-7-11/h4-10H,3H2,1-2H3. The molecule has 1 atom stereocenters. The minimum atomic E-state index is 0.199. The van der Waals surface area contributed by atoms with E-state index in [9.17, 15) is 0 Å². The molecule has 2 heterocycles. The molecule has 5 heteroatoms. The molecule has 2 aromatic heterocycles. The van der Waals surface area contributed by atoms with E-state index in [1.165, 1.54) is 0 Å². The fraction of sp³-hybridized carbons (Fsp3) is 0.308. The number of aromatic nitrogens is 3. The van der Waals surface area contributed by atoms with E-state index in [0.29, 0.717) is 0 Å². The van der Waals surface area contributed by atoms with Gasteiger partial charge < -0.3 is 4.90 Å². The average Bonchev–Trinajstić information content (AvgIpc) is 2.42. The van der Waals surface area contributed by atoms with Crippen molar-refractivity contribution in [2.45, 2.75) is 19.9 Å². The molecule has 94 valence electrons. The summed E-state index contributed by atoms with van der Waals surface area (Å²) in [4.78, 5) is 15.0. The van der Waals surface area contributed by atoms with E-state index >= 15 is 0 Å². The van der Waals surface area contributed by atoms with E-state index in [0.717, 1.165) is 22.5 Å². The first-order valence-corrected chi connectivity index (χ1v) is 6.65. The molecule has 0 fully saturated rings. The van der Waals surface area contributed by atoms with Gasteiger partial charge in [0.15, 0.2) is 0 Å². The van der Waals surface area contributed by atoms with E-state index in [4.69, 9.17) is 0 Å². The van der Waals surface area contributed by atoms with Gasteiger partial charge in [-0.15, -0.1) is 0 Å². The predicted molar refractivity (Wildman–Crippen MR) is 75.4 cm³/mol. The van der Waals surface area contributed by atoms with Gasteiger partial charge in [-0.3, -0.25) is 4.98 Å². The van der Waals surface area contributed by atoms with Gasteiger partial charge in [0.2, 0.25) is 5.95 Å². The van der Waals surface area contributed by atoms with Gasteiger partial charge in [-0.2, -0.15) is 0 Å². The fourth-order valence-corrected chi connectivity index (χ4v) is 2.05. The number of hydrogen-bond donors (Lipinski definition) is 0. The Bertz CT molecular complexity index is 486. The minimum absolute atomic E-state index is 0.199. The van der Waals surface area contributed by atoms with Gasteiger partial charge in [-0.05, 0) is 41.4 Å². The van der Waals surface area contributed by atoms with Crippen LogP contribution in [0.15, 0.2) is 41.4 Å². The smallest absolute Gasteiger partial charge is 0.225 e. The van der Waals surface area contributed by atoms with Crippen molar-refractivity contribution in [3.63, 3.8) is 0 Å². The van der Waals surface area contributed by atoms with Crippen LogP contribution in [0, 0.1) is 0 Å². The van der Waals surface area contributed by atoms with Crippen LogP contribution in [-0.4, -0.2) is 21.5 Å². The molecule has 0 spiro atoms. The quantitative estimate of drug-likeness (QED) is 0.870. The first-order chi connectivity index (χ1) is 8.72. The van der Waals surface area contributed by atoms with Gasteiger partial charge >= 0.3 is 0 Å². The van der Waals surface area contributed by atoms with Crippen LogP contribution in [0.4, 0.5) is 5.95 Å². The summed E-state index contributed by atoms with van der Waals surface area (Å²) in [5.74, 6) is 0.733. The van der Waals surface area contributed by atoms with Crippen molar-refractivity contribution < 1.29 is 0 Å². The molecule has 0 radical (unpaired) electrons. The third-order valence-electron chi connectivity index (χ3n) is 2.84. The molecule has 0 saturated heterocycles. The second-order valence-electron chi connectivity index (χ2n) is 3.95. The Morgan fingerprint density at radius 3 is 2.56 bits per heavy atom. The van der Waals surface area contributed by atoms with Crippen molar-refractivity contribution in [3.8, 4) is 0 Å². The zero-order valence-electron chi connectivity index (χ0n) is 10.4. The molecule has 0 aromatic carbocycles. The summed E-state index contributed by atoms with van der Waals surface area (Å²) in [5, 5.41) is 0. The van der Waals surface area contributed by atoms with Crippen LogP contribution >= 0.6 is 15.9 Å². The second kappa shape index (κ2) is 5.91. The van der Waals surface area contributed by atoms with Gasteiger partial charge in [0, 0.05) is 31.3 Å². The van der Waals surface area contributed by atoms with E-state index in [2.05, 4.69) is 55.7 Å². The lowest BCUT2D eigenvalue weighted by atomic mass is 10.1. The topological polar surface area (TPSA) is 41.9 Å². The average molecular weight is 307 g/mol. The van der Waals surface area contributed by atoms with Crippen LogP contribution < -0.4 is 4.90 Å². The molecule has 0 aliphatic heterocycles. The first kappa shape index (κ1) is 13.0. The Hall–Kier alpha value is -1.49. The molecular formula is C13H15BrN4. The Labute approximate surface area is 115 Å². The lowest BCUT2D eigenvalue weighted by Crippen LogP contribution is -2.28. The van der Waals surface area contributed by atoms with Gasteiger partial charge in [0.25, 0.3) is 0 Å².